The van der Waals surface area contributed by atoms with Gasteiger partial charge in [0.1, 0.15) is 12.7 Å². The van der Waals surface area contributed by atoms with E-state index in [0.717, 1.165) is 37.9 Å². The minimum Gasteiger partial charge on any atom is -0.343 e. The molecule has 0 aliphatic carbocycles. The molecule has 0 unspecified atom stereocenters. The van der Waals surface area contributed by atoms with Gasteiger partial charge in [-0.2, -0.15) is 16.4 Å². The maximum atomic E-state index is 13.1. The number of hydrogen-bond acceptors (Lipinski definition) is 5. The number of hydrogen-bond donors (Lipinski definition) is 0. The van der Waals surface area contributed by atoms with Gasteiger partial charge in [0.2, 0.25) is 5.91 Å². The fourth-order valence-corrected chi connectivity index (χ4v) is 5.10. The smallest absolute Gasteiger partial charge is 0.254 e. The summed E-state index contributed by atoms with van der Waals surface area (Å²) in [6, 6.07) is 12.3. The van der Waals surface area contributed by atoms with Crippen LogP contribution in [0.1, 0.15) is 35.2 Å². The first-order valence-electron chi connectivity index (χ1n) is 11.1. The third-order valence-electron chi connectivity index (χ3n) is 6.33. The maximum Gasteiger partial charge on any atom is 0.254 e. The summed E-state index contributed by atoms with van der Waals surface area (Å²) in [6.45, 7) is 2.01. The molecular weight excluding hydrogens is 422 g/mol. The van der Waals surface area contributed by atoms with Crippen molar-refractivity contribution < 1.29 is 9.59 Å². The summed E-state index contributed by atoms with van der Waals surface area (Å²) < 4.78 is 1.69. The number of thiophene rings is 1. The highest BCUT2D eigenvalue weighted by Gasteiger charge is 2.33. The van der Waals surface area contributed by atoms with Gasteiger partial charge in [-0.1, -0.05) is 30.3 Å². The van der Waals surface area contributed by atoms with Crippen LogP contribution >= 0.6 is 11.3 Å². The Labute approximate surface area is 192 Å². The molecule has 4 rings (SSSR count). The van der Waals surface area contributed by atoms with Crippen molar-refractivity contribution in [3.05, 3.63) is 70.9 Å². The predicted molar refractivity (Wildman–Crippen MR) is 124 cm³/mol. The van der Waals surface area contributed by atoms with Crippen molar-refractivity contribution in [2.75, 3.05) is 20.1 Å². The second-order valence-electron chi connectivity index (χ2n) is 8.31. The Bertz CT molecular complexity index is 983. The van der Waals surface area contributed by atoms with Crippen molar-refractivity contribution in [1.82, 2.24) is 24.6 Å². The first-order chi connectivity index (χ1) is 15.6. The van der Waals surface area contributed by atoms with Gasteiger partial charge in [0.15, 0.2) is 0 Å². The van der Waals surface area contributed by atoms with E-state index < -0.39 is 0 Å². The van der Waals surface area contributed by atoms with Gasteiger partial charge < -0.3 is 9.80 Å². The molecule has 1 atom stereocenters. The summed E-state index contributed by atoms with van der Waals surface area (Å²) in [5, 5.41) is 7.92. The minimum absolute atomic E-state index is 0.0681. The molecule has 168 valence electrons. The van der Waals surface area contributed by atoms with E-state index >= 15 is 0 Å². The number of benzene rings is 1. The first-order valence-corrected chi connectivity index (χ1v) is 12.0. The van der Waals surface area contributed by atoms with Crippen LogP contribution in [0.15, 0.2) is 59.8 Å². The number of aryl methyl sites for hydroxylation is 1. The molecule has 0 radical (unpaired) electrons. The largest absolute Gasteiger partial charge is 0.343 e. The second-order valence-corrected chi connectivity index (χ2v) is 9.09. The lowest BCUT2D eigenvalue weighted by Crippen LogP contribution is -2.48. The summed E-state index contributed by atoms with van der Waals surface area (Å²) in [7, 11) is 1.92. The van der Waals surface area contributed by atoms with Gasteiger partial charge in [-0.25, -0.2) is 4.98 Å². The standard InChI is InChI=1S/C24H29N5O2S/c1-27(24(31)21-10-14-32-16-21)22(15-19-5-3-2-4-6-19)20-7-11-28(12-8-20)23(30)9-13-29-18-25-17-26-29/h2-6,10,14,16-18,20,22H,7-9,11-13,15H2,1H3/t22-/m0/s1. The first kappa shape index (κ1) is 22.2. The average molecular weight is 452 g/mol. The summed E-state index contributed by atoms with van der Waals surface area (Å²) in [6.07, 6.45) is 6.16. The van der Waals surface area contributed by atoms with Crippen LogP contribution in [0.5, 0.6) is 0 Å². The van der Waals surface area contributed by atoms with Crippen LogP contribution < -0.4 is 0 Å². The van der Waals surface area contributed by atoms with Gasteiger partial charge >= 0.3 is 0 Å². The fourth-order valence-electron chi connectivity index (χ4n) is 4.47. The molecular formula is C24H29N5O2S. The molecule has 1 aliphatic heterocycles. The van der Waals surface area contributed by atoms with E-state index in [1.54, 1.807) is 22.3 Å². The summed E-state index contributed by atoms with van der Waals surface area (Å²) in [4.78, 5) is 33.6. The minimum atomic E-state index is 0.0681. The summed E-state index contributed by atoms with van der Waals surface area (Å²) in [5.74, 6) is 0.571. The van der Waals surface area contributed by atoms with Gasteiger partial charge in [0.05, 0.1) is 12.1 Å². The van der Waals surface area contributed by atoms with Crippen molar-refractivity contribution in [2.45, 2.75) is 38.3 Å². The molecule has 1 aromatic carbocycles. The van der Waals surface area contributed by atoms with E-state index in [9.17, 15) is 9.59 Å². The van der Waals surface area contributed by atoms with Gasteiger partial charge in [0.25, 0.3) is 5.91 Å². The molecule has 3 heterocycles. The molecule has 32 heavy (non-hydrogen) atoms. The lowest BCUT2D eigenvalue weighted by molar-refractivity contribution is -0.133. The number of amides is 2. The lowest BCUT2D eigenvalue weighted by atomic mass is 9.84. The van der Waals surface area contributed by atoms with Crippen molar-refractivity contribution in [2.24, 2.45) is 5.92 Å². The van der Waals surface area contributed by atoms with E-state index in [1.165, 1.54) is 11.9 Å². The highest BCUT2D eigenvalue weighted by Crippen LogP contribution is 2.28. The SMILES string of the molecule is CN(C(=O)c1ccsc1)[C@@H](Cc1ccccc1)C1CCN(C(=O)CCn2cncn2)CC1. The highest BCUT2D eigenvalue weighted by atomic mass is 32.1. The number of likely N-dealkylation sites (tertiary alicyclic amines) is 1. The molecule has 1 saturated heterocycles. The highest BCUT2D eigenvalue weighted by molar-refractivity contribution is 7.08. The van der Waals surface area contributed by atoms with E-state index in [1.807, 2.05) is 51.9 Å². The number of carbonyl (C=O) groups excluding carboxylic acids is 2. The Morgan fingerprint density at radius 1 is 1.19 bits per heavy atom. The normalized spacial score (nSPS) is 15.5. The van der Waals surface area contributed by atoms with Crippen LogP contribution in [0.3, 0.4) is 0 Å². The zero-order valence-corrected chi connectivity index (χ0v) is 19.2. The molecule has 0 saturated carbocycles. The molecule has 0 spiro atoms. The molecule has 1 aliphatic rings. The van der Waals surface area contributed by atoms with Crippen molar-refractivity contribution in [3.63, 3.8) is 0 Å². The van der Waals surface area contributed by atoms with Crippen LogP contribution in [-0.4, -0.2) is 62.6 Å². The zero-order valence-electron chi connectivity index (χ0n) is 18.3. The van der Waals surface area contributed by atoms with Gasteiger partial charge in [0, 0.05) is 38.0 Å². The Kier molecular flexibility index (Phi) is 7.32. The predicted octanol–water partition coefficient (Wildman–Crippen LogP) is 3.35. The molecule has 2 aromatic heterocycles. The van der Waals surface area contributed by atoms with Gasteiger partial charge in [-0.05, 0) is 42.2 Å². The quantitative estimate of drug-likeness (QED) is 0.527. The number of nitrogens with zero attached hydrogens (tertiary/aromatic N) is 5. The molecule has 2 amide bonds. The Hall–Kier alpha value is -3.00. The van der Waals surface area contributed by atoms with E-state index in [0.29, 0.717) is 18.9 Å². The third kappa shape index (κ3) is 5.43. The van der Waals surface area contributed by atoms with Crippen molar-refractivity contribution in [1.29, 1.82) is 0 Å². The monoisotopic (exact) mass is 451 g/mol. The number of piperidine rings is 1. The summed E-state index contributed by atoms with van der Waals surface area (Å²) >= 11 is 1.54. The van der Waals surface area contributed by atoms with Crippen molar-refractivity contribution >= 4 is 23.2 Å². The molecule has 1 fully saturated rings. The van der Waals surface area contributed by atoms with E-state index in [-0.39, 0.29) is 17.9 Å². The maximum absolute atomic E-state index is 13.1. The molecule has 3 aromatic rings. The van der Waals surface area contributed by atoms with Crippen LogP contribution in [-0.2, 0) is 17.8 Å². The van der Waals surface area contributed by atoms with E-state index in [4.69, 9.17) is 0 Å². The molecule has 0 N–H and O–H groups in total. The van der Waals surface area contributed by atoms with Gasteiger partial charge in [-0.3, -0.25) is 14.3 Å². The summed E-state index contributed by atoms with van der Waals surface area (Å²) in [5.41, 5.74) is 1.98. The Morgan fingerprint density at radius 2 is 1.97 bits per heavy atom. The average Bonchev–Trinajstić information content (AvgIpc) is 3.55. The Balaban J connectivity index is 1.40. The third-order valence-corrected chi connectivity index (χ3v) is 7.01. The van der Waals surface area contributed by atoms with Gasteiger partial charge in [-0.15, -0.1) is 0 Å². The molecule has 8 heteroatoms. The number of rotatable bonds is 8. The van der Waals surface area contributed by atoms with Crippen LogP contribution in [0.2, 0.25) is 0 Å². The van der Waals surface area contributed by atoms with E-state index in [2.05, 4.69) is 22.2 Å². The molecule has 0 bridgehead atoms. The Morgan fingerprint density at radius 3 is 2.62 bits per heavy atom. The lowest BCUT2D eigenvalue weighted by Gasteiger charge is -2.40. The number of likely N-dealkylation sites (N-methyl/N-ethyl adjacent to an activating group) is 1. The van der Waals surface area contributed by atoms with Crippen molar-refractivity contribution in [3.8, 4) is 0 Å². The number of aromatic nitrogens is 3. The molecule has 7 nitrogen and oxygen atoms in total. The second kappa shape index (κ2) is 10.5. The van der Waals surface area contributed by atoms with Crippen LogP contribution in [0, 0.1) is 5.92 Å². The fraction of sp³-hybridized carbons (Fsp3) is 0.417. The number of carbonyl (C=O) groups is 2. The topological polar surface area (TPSA) is 71.3 Å². The van der Waals surface area contributed by atoms with Crippen LogP contribution in [0.25, 0.3) is 0 Å². The zero-order chi connectivity index (χ0) is 22.3. The van der Waals surface area contributed by atoms with Crippen LogP contribution in [0.4, 0.5) is 0 Å².